The van der Waals surface area contributed by atoms with Gasteiger partial charge in [0.2, 0.25) is 0 Å². The minimum absolute atomic E-state index is 0.0917. The molecule has 0 unspecified atom stereocenters. The lowest BCUT2D eigenvalue weighted by Gasteiger charge is -2.07. The van der Waals surface area contributed by atoms with Gasteiger partial charge >= 0.3 is 0 Å². The molecule has 146 valence electrons. The van der Waals surface area contributed by atoms with Crippen LogP contribution in [0.3, 0.4) is 0 Å². The Bertz CT molecular complexity index is 988. The number of hydrazone groups is 1. The van der Waals surface area contributed by atoms with E-state index in [0.717, 1.165) is 15.7 Å². The maximum atomic E-state index is 12.0. The van der Waals surface area contributed by atoms with Crippen molar-refractivity contribution >= 4 is 39.6 Å². The van der Waals surface area contributed by atoms with Crippen LogP contribution in [0.25, 0.3) is 0 Å². The van der Waals surface area contributed by atoms with Crippen LogP contribution in [-0.2, 0) is 4.79 Å². The summed E-state index contributed by atoms with van der Waals surface area (Å²) in [5.74, 6) is 0.0277. The Balaban J connectivity index is 1.45. The molecule has 0 aliphatic carbocycles. The number of rotatable bonds is 7. The molecule has 0 radical (unpaired) electrons. The minimum Gasteiger partial charge on any atom is -0.484 e. The van der Waals surface area contributed by atoms with Crippen LogP contribution in [0.1, 0.15) is 15.9 Å². The third kappa shape index (κ3) is 6.58. The van der Waals surface area contributed by atoms with Gasteiger partial charge in [-0.2, -0.15) is 5.10 Å². The van der Waals surface area contributed by atoms with E-state index in [1.165, 1.54) is 6.21 Å². The van der Waals surface area contributed by atoms with Gasteiger partial charge in [-0.1, -0.05) is 34.1 Å². The first-order valence-corrected chi connectivity index (χ1v) is 9.56. The number of nitrogens with zero attached hydrogens (tertiary/aromatic N) is 1. The normalized spacial score (nSPS) is 10.5. The van der Waals surface area contributed by atoms with Crippen LogP contribution in [0.2, 0.25) is 0 Å². The summed E-state index contributed by atoms with van der Waals surface area (Å²) < 4.78 is 6.38. The van der Waals surface area contributed by atoms with Crippen LogP contribution in [0.15, 0.2) is 88.4 Å². The summed E-state index contributed by atoms with van der Waals surface area (Å²) in [6, 6.07) is 23.2. The van der Waals surface area contributed by atoms with E-state index in [9.17, 15) is 9.59 Å². The number of carbonyl (C=O) groups excluding carboxylic acids is 2. The third-order valence-corrected chi connectivity index (χ3v) is 4.32. The van der Waals surface area contributed by atoms with Gasteiger partial charge in [0.25, 0.3) is 11.8 Å². The number of benzene rings is 3. The Morgan fingerprint density at radius 1 is 0.931 bits per heavy atom. The summed E-state index contributed by atoms with van der Waals surface area (Å²) in [6.45, 7) is -0.0917. The number of para-hydroxylation sites is 1. The van der Waals surface area contributed by atoms with Crippen molar-refractivity contribution in [3.63, 3.8) is 0 Å². The zero-order chi connectivity index (χ0) is 20.5. The predicted molar refractivity (Wildman–Crippen MR) is 116 cm³/mol. The van der Waals surface area contributed by atoms with Crippen molar-refractivity contribution in [3.05, 3.63) is 94.5 Å². The number of hydrogen-bond acceptors (Lipinski definition) is 4. The second-order valence-corrected chi connectivity index (χ2v) is 6.89. The largest absolute Gasteiger partial charge is 0.484 e. The Hall–Kier alpha value is -3.45. The molecule has 3 aromatic carbocycles. The van der Waals surface area contributed by atoms with Crippen LogP contribution in [0, 0.1) is 0 Å². The molecule has 6 nitrogen and oxygen atoms in total. The molecule has 0 aromatic heterocycles. The molecule has 3 aromatic rings. The number of halogens is 1. The van der Waals surface area contributed by atoms with Gasteiger partial charge < -0.3 is 10.1 Å². The van der Waals surface area contributed by atoms with Crippen molar-refractivity contribution in [1.82, 2.24) is 5.43 Å². The van der Waals surface area contributed by atoms with Crippen LogP contribution in [0.4, 0.5) is 5.69 Å². The molecule has 0 aliphatic heterocycles. The van der Waals surface area contributed by atoms with E-state index in [0.29, 0.717) is 11.3 Å². The lowest BCUT2D eigenvalue weighted by atomic mass is 10.2. The summed E-state index contributed by atoms with van der Waals surface area (Å²) in [6.07, 6.45) is 1.53. The molecule has 3 rings (SSSR count). The molecule has 0 heterocycles. The van der Waals surface area contributed by atoms with Crippen molar-refractivity contribution in [2.75, 3.05) is 11.9 Å². The summed E-state index contributed by atoms with van der Waals surface area (Å²) >= 11 is 3.32. The van der Waals surface area contributed by atoms with Crippen LogP contribution >= 0.6 is 15.9 Å². The van der Waals surface area contributed by atoms with Gasteiger partial charge in [0, 0.05) is 15.7 Å². The molecule has 0 bridgehead atoms. The molecule has 2 N–H and O–H groups in total. The van der Waals surface area contributed by atoms with Gasteiger partial charge in [0.15, 0.2) is 6.61 Å². The van der Waals surface area contributed by atoms with Crippen molar-refractivity contribution in [3.8, 4) is 5.75 Å². The van der Waals surface area contributed by atoms with Crippen molar-refractivity contribution < 1.29 is 14.3 Å². The summed E-state index contributed by atoms with van der Waals surface area (Å²) in [5, 5.41) is 6.70. The second kappa shape index (κ2) is 10.2. The van der Waals surface area contributed by atoms with Crippen molar-refractivity contribution in [1.29, 1.82) is 0 Å². The fourth-order valence-corrected chi connectivity index (χ4v) is 2.61. The van der Waals surface area contributed by atoms with Gasteiger partial charge in [-0.3, -0.25) is 9.59 Å². The average molecular weight is 452 g/mol. The Morgan fingerprint density at radius 2 is 1.62 bits per heavy atom. The van der Waals surface area contributed by atoms with E-state index < -0.39 is 0 Å². The van der Waals surface area contributed by atoms with E-state index in [1.54, 1.807) is 48.5 Å². The first kappa shape index (κ1) is 20.3. The van der Waals surface area contributed by atoms with E-state index in [2.05, 4.69) is 31.8 Å². The van der Waals surface area contributed by atoms with E-state index in [1.807, 2.05) is 30.3 Å². The standard InChI is InChI=1S/C22H18BrN3O3/c23-18-10-8-17(9-11-18)22(28)26-24-14-16-6-12-20(13-7-16)29-15-21(27)25-19-4-2-1-3-5-19/h1-14H,15H2,(H,25,27)(H,26,28)/b24-14-. The Morgan fingerprint density at radius 3 is 2.31 bits per heavy atom. The number of anilines is 1. The van der Waals surface area contributed by atoms with E-state index in [-0.39, 0.29) is 18.4 Å². The Kier molecular flexibility index (Phi) is 7.13. The maximum Gasteiger partial charge on any atom is 0.271 e. The lowest BCUT2D eigenvalue weighted by Crippen LogP contribution is -2.20. The zero-order valence-corrected chi connectivity index (χ0v) is 16.9. The molecule has 0 aliphatic rings. The first-order chi connectivity index (χ1) is 14.1. The van der Waals surface area contributed by atoms with Gasteiger partial charge in [0.1, 0.15) is 5.75 Å². The molecule has 2 amide bonds. The van der Waals surface area contributed by atoms with Gasteiger partial charge in [-0.15, -0.1) is 0 Å². The number of ether oxygens (including phenoxy) is 1. The monoisotopic (exact) mass is 451 g/mol. The first-order valence-electron chi connectivity index (χ1n) is 8.77. The van der Waals surface area contributed by atoms with Crippen molar-refractivity contribution in [2.45, 2.75) is 0 Å². The highest BCUT2D eigenvalue weighted by Crippen LogP contribution is 2.12. The lowest BCUT2D eigenvalue weighted by molar-refractivity contribution is -0.118. The third-order valence-electron chi connectivity index (χ3n) is 3.79. The molecule has 0 saturated heterocycles. The quantitative estimate of drug-likeness (QED) is 0.416. The van der Waals surface area contributed by atoms with Gasteiger partial charge in [-0.25, -0.2) is 5.43 Å². The Labute approximate surface area is 176 Å². The highest BCUT2D eigenvalue weighted by atomic mass is 79.9. The zero-order valence-electron chi connectivity index (χ0n) is 15.3. The molecular formula is C22H18BrN3O3. The highest BCUT2D eigenvalue weighted by Gasteiger charge is 2.04. The topological polar surface area (TPSA) is 79.8 Å². The van der Waals surface area contributed by atoms with Gasteiger partial charge in [0.05, 0.1) is 6.21 Å². The SMILES string of the molecule is O=C(COc1ccc(/C=N\NC(=O)c2ccc(Br)cc2)cc1)Nc1ccccc1. The minimum atomic E-state index is -0.293. The summed E-state index contributed by atoms with van der Waals surface area (Å²) in [7, 11) is 0. The van der Waals surface area contributed by atoms with E-state index >= 15 is 0 Å². The van der Waals surface area contributed by atoms with Crippen molar-refractivity contribution in [2.24, 2.45) is 5.10 Å². The molecule has 7 heteroatoms. The number of nitrogens with one attached hydrogen (secondary N) is 2. The fourth-order valence-electron chi connectivity index (χ4n) is 2.35. The molecule has 0 saturated carbocycles. The van der Waals surface area contributed by atoms with Gasteiger partial charge in [-0.05, 0) is 66.2 Å². The van der Waals surface area contributed by atoms with Crippen LogP contribution in [0.5, 0.6) is 5.75 Å². The fraction of sp³-hybridized carbons (Fsp3) is 0.0455. The summed E-state index contributed by atoms with van der Waals surface area (Å²) in [5.41, 5.74) is 4.49. The number of carbonyl (C=O) groups is 2. The summed E-state index contributed by atoms with van der Waals surface area (Å²) in [4.78, 5) is 23.9. The smallest absolute Gasteiger partial charge is 0.271 e. The molecular weight excluding hydrogens is 434 g/mol. The van der Waals surface area contributed by atoms with Crippen LogP contribution in [-0.4, -0.2) is 24.6 Å². The highest BCUT2D eigenvalue weighted by molar-refractivity contribution is 9.10. The molecule has 0 spiro atoms. The number of amides is 2. The average Bonchev–Trinajstić information content (AvgIpc) is 2.74. The predicted octanol–water partition coefficient (Wildman–Crippen LogP) is 4.23. The molecule has 0 fully saturated rings. The van der Waals surface area contributed by atoms with E-state index in [4.69, 9.17) is 4.74 Å². The second-order valence-electron chi connectivity index (χ2n) is 5.98. The number of hydrogen-bond donors (Lipinski definition) is 2. The molecule has 0 atom stereocenters. The van der Waals surface area contributed by atoms with Crippen LogP contribution < -0.4 is 15.5 Å². The molecule has 29 heavy (non-hydrogen) atoms. The maximum absolute atomic E-state index is 12.0.